The van der Waals surface area contributed by atoms with E-state index in [4.69, 9.17) is 9.47 Å². The summed E-state index contributed by atoms with van der Waals surface area (Å²) in [6, 6.07) is 23.3. The maximum atomic E-state index is 12.9. The largest absolute Gasteiger partial charge is 0.487 e. The van der Waals surface area contributed by atoms with Crippen LogP contribution >= 0.6 is 11.8 Å². The van der Waals surface area contributed by atoms with Gasteiger partial charge in [-0.05, 0) is 75.2 Å². The molecule has 0 amide bonds. The molecule has 246 valence electrons. The molecule has 0 bridgehead atoms. The lowest BCUT2D eigenvalue weighted by atomic mass is 9.88. The molecule has 3 heterocycles. The first kappa shape index (κ1) is 34.0. The highest BCUT2D eigenvalue weighted by atomic mass is 32.3. The third-order valence-electron chi connectivity index (χ3n) is 8.21. The Morgan fingerprint density at radius 2 is 1.68 bits per heavy atom. The van der Waals surface area contributed by atoms with E-state index in [9.17, 15) is 18.3 Å². The fourth-order valence-electron chi connectivity index (χ4n) is 5.03. The summed E-state index contributed by atoms with van der Waals surface area (Å²) in [7, 11) is -1.92. The highest BCUT2D eigenvalue weighted by Crippen LogP contribution is 2.46. The maximum absolute atomic E-state index is 12.9. The van der Waals surface area contributed by atoms with Crippen molar-refractivity contribution in [2.24, 2.45) is 5.41 Å². The third kappa shape index (κ3) is 7.63. The van der Waals surface area contributed by atoms with Crippen molar-refractivity contribution in [1.82, 2.24) is 14.5 Å². The van der Waals surface area contributed by atoms with Crippen molar-refractivity contribution < 1.29 is 27.8 Å². The van der Waals surface area contributed by atoms with E-state index in [-0.39, 0.29) is 13.0 Å². The van der Waals surface area contributed by atoms with Crippen LogP contribution in [0.2, 0.25) is 0 Å². The SMILES string of the molecule is COc1ccc(-c2ccc(Cn3c(CC(C)(C)C(=O)O)c(SC(C)(C)S(C)(=O)=O)c4cc(OCc5ccccn5)ccc43)cc2)cn1. The van der Waals surface area contributed by atoms with Crippen LogP contribution in [0.5, 0.6) is 11.6 Å². The van der Waals surface area contributed by atoms with Crippen molar-refractivity contribution in [1.29, 1.82) is 0 Å². The van der Waals surface area contributed by atoms with Crippen LogP contribution in [-0.2, 0) is 34.2 Å². The second kappa shape index (κ2) is 13.4. The number of carboxylic acids is 1. The highest BCUT2D eigenvalue weighted by molar-refractivity contribution is 8.14. The Bertz CT molecular complexity index is 1990. The van der Waals surface area contributed by atoms with Gasteiger partial charge in [0.1, 0.15) is 16.4 Å². The first-order valence-electron chi connectivity index (χ1n) is 15.1. The summed E-state index contributed by atoms with van der Waals surface area (Å²) in [5.74, 6) is 0.199. The first-order valence-corrected chi connectivity index (χ1v) is 17.8. The molecule has 2 aromatic carbocycles. The quantitative estimate of drug-likeness (QED) is 0.129. The van der Waals surface area contributed by atoms with E-state index in [1.807, 2.05) is 72.8 Å². The number of hydrogen-bond donors (Lipinski definition) is 1. The van der Waals surface area contributed by atoms with Gasteiger partial charge in [0.25, 0.3) is 0 Å². The minimum atomic E-state index is -3.50. The summed E-state index contributed by atoms with van der Waals surface area (Å²) in [5.41, 5.74) is 4.19. The molecule has 9 nitrogen and oxygen atoms in total. The second-order valence-corrected chi connectivity index (χ2v) is 17.0. The van der Waals surface area contributed by atoms with Gasteiger partial charge in [-0.15, -0.1) is 11.8 Å². The standard InChI is InChI=1S/C36H39N3O6S2/c1-35(2,34(40)41)20-31-33(46-36(3,4)47(6,42)43)29-19-28(45-23-27-9-7-8-18-37-27)15-16-30(29)39(31)22-24-10-12-25(13-11-24)26-14-17-32(44-5)38-21-26/h7-19,21H,20,22-23H2,1-6H3,(H,40,41). The number of rotatable bonds is 13. The fourth-order valence-corrected chi connectivity index (χ4v) is 6.95. The summed E-state index contributed by atoms with van der Waals surface area (Å²) >= 11 is 1.23. The Kier molecular flexibility index (Phi) is 9.70. The van der Waals surface area contributed by atoms with E-state index in [2.05, 4.69) is 14.5 Å². The van der Waals surface area contributed by atoms with Gasteiger partial charge < -0.3 is 19.1 Å². The minimum absolute atomic E-state index is 0.179. The monoisotopic (exact) mass is 673 g/mol. The summed E-state index contributed by atoms with van der Waals surface area (Å²) < 4.78 is 38.1. The molecule has 0 aliphatic rings. The van der Waals surface area contributed by atoms with Crippen molar-refractivity contribution >= 4 is 38.5 Å². The minimum Gasteiger partial charge on any atom is -0.487 e. The molecule has 0 radical (unpaired) electrons. The molecule has 3 aromatic heterocycles. The lowest BCUT2D eigenvalue weighted by molar-refractivity contribution is -0.146. The van der Waals surface area contributed by atoms with Gasteiger partial charge in [-0.25, -0.2) is 13.4 Å². The number of ether oxygens (including phenoxy) is 2. The van der Waals surface area contributed by atoms with E-state index in [1.54, 1.807) is 47.2 Å². The molecule has 0 unspecified atom stereocenters. The van der Waals surface area contributed by atoms with Crippen molar-refractivity contribution in [3.05, 3.63) is 102 Å². The van der Waals surface area contributed by atoms with Crippen molar-refractivity contribution in [2.45, 2.75) is 56.2 Å². The molecule has 0 fully saturated rings. The van der Waals surface area contributed by atoms with E-state index in [1.165, 1.54) is 18.0 Å². The van der Waals surface area contributed by atoms with Crippen molar-refractivity contribution in [3.8, 4) is 22.8 Å². The van der Waals surface area contributed by atoms with E-state index in [0.29, 0.717) is 23.1 Å². The predicted molar refractivity (Wildman–Crippen MR) is 186 cm³/mol. The molecule has 0 saturated carbocycles. The highest BCUT2D eigenvalue weighted by Gasteiger charge is 2.37. The molecule has 11 heteroatoms. The zero-order valence-corrected chi connectivity index (χ0v) is 29.0. The number of benzene rings is 2. The van der Waals surface area contributed by atoms with Gasteiger partial charge in [0.15, 0.2) is 9.84 Å². The van der Waals surface area contributed by atoms with Crippen LogP contribution in [0, 0.1) is 5.41 Å². The number of carbonyl (C=O) groups is 1. The lowest BCUT2D eigenvalue weighted by Crippen LogP contribution is -2.29. The van der Waals surface area contributed by atoms with Crippen LogP contribution < -0.4 is 9.47 Å². The number of hydrogen-bond acceptors (Lipinski definition) is 8. The molecule has 0 atom stereocenters. The van der Waals surface area contributed by atoms with Crippen LogP contribution in [0.1, 0.15) is 44.6 Å². The van der Waals surface area contributed by atoms with Gasteiger partial charge >= 0.3 is 5.97 Å². The molecule has 1 N–H and O–H groups in total. The predicted octanol–water partition coefficient (Wildman–Crippen LogP) is 7.26. The van der Waals surface area contributed by atoms with Crippen molar-refractivity contribution in [3.63, 3.8) is 0 Å². The van der Waals surface area contributed by atoms with Crippen molar-refractivity contribution in [2.75, 3.05) is 13.4 Å². The van der Waals surface area contributed by atoms with Gasteiger partial charge in [-0.2, -0.15) is 0 Å². The molecule has 0 saturated heterocycles. The number of carboxylic acid groups (broad SMARTS) is 1. The fraction of sp³-hybridized carbons (Fsp3) is 0.306. The molecular formula is C36H39N3O6S2. The Labute approximate surface area is 279 Å². The molecule has 5 rings (SSSR count). The Morgan fingerprint density at radius 3 is 2.28 bits per heavy atom. The van der Waals surface area contributed by atoms with Gasteiger partial charge in [0, 0.05) is 64.7 Å². The lowest BCUT2D eigenvalue weighted by Gasteiger charge is -2.25. The molecular weight excluding hydrogens is 635 g/mol. The topological polar surface area (TPSA) is 121 Å². The molecule has 5 aromatic rings. The number of aliphatic carboxylic acids is 1. The molecule has 47 heavy (non-hydrogen) atoms. The average molecular weight is 674 g/mol. The maximum Gasteiger partial charge on any atom is 0.309 e. The zero-order chi connectivity index (χ0) is 34.0. The van der Waals surface area contributed by atoms with Gasteiger partial charge in [-0.3, -0.25) is 9.78 Å². The summed E-state index contributed by atoms with van der Waals surface area (Å²) in [6.07, 6.45) is 4.88. The van der Waals surface area contributed by atoms with Gasteiger partial charge in [-0.1, -0.05) is 30.3 Å². The molecule has 0 spiro atoms. The Morgan fingerprint density at radius 1 is 0.957 bits per heavy atom. The molecule has 0 aliphatic carbocycles. The van der Waals surface area contributed by atoms with E-state index >= 15 is 0 Å². The summed E-state index contributed by atoms with van der Waals surface area (Å²) in [4.78, 5) is 21.8. The smallest absolute Gasteiger partial charge is 0.309 e. The number of pyridine rings is 2. The Hall–Kier alpha value is -4.35. The summed E-state index contributed by atoms with van der Waals surface area (Å²) in [5, 5.41) is 10.9. The number of aromatic nitrogens is 3. The first-order chi connectivity index (χ1) is 22.2. The summed E-state index contributed by atoms with van der Waals surface area (Å²) in [6.45, 7) is 7.43. The average Bonchev–Trinajstić information content (AvgIpc) is 3.30. The van der Waals surface area contributed by atoms with Crippen LogP contribution in [0.3, 0.4) is 0 Å². The normalized spacial score (nSPS) is 12.3. The number of thioether (sulfide) groups is 1. The second-order valence-electron chi connectivity index (χ2n) is 12.6. The third-order valence-corrected chi connectivity index (χ3v) is 12.3. The number of nitrogens with zero attached hydrogens (tertiary/aromatic N) is 3. The van der Waals surface area contributed by atoms with Gasteiger partial charge in [0.05, 0.1) is 18.2 Å². The van der Waals surface area contributed by atoms with Crippen LogP contribution in [-0.4, -0.2) is 51.5 Å². The number of methoxy groups -OCH3 is 1. The zero-order valence-electron chi connectivity index (χ0n) is 27.4. The van der Waals surface area contributed by atoms with E-state index < -0.39 is 25.3 Å². The van der Waals surface area contributed by atoms with E-state index in [0.717, 1.165) is 39.0 Å². The van der Waals surface area contributed by atoms with Crippen LogP contribution in [0.25, 0.3) is 22.0 Å². The Balaban J connectivity index is 1.62. The number of sulfone groups is 1. The number of fused-ring (bicyclic) bond motifs is 1. The van der Waals surface area contributed by atoms with Crippen LogP contribution in [0.4, 0.5) is 0 Å². The van der Waals surface area contributed by atoms with Crippen LogP contribution in [0.15, 0.2) is 90.1 Å². The molecule has 0 aliphatic heterocycles. The van der Waals surface area contributed by atoms with Gasteiger partial charge in [0.2, 0.25) is 5.88 Å².